The molecule has 0 spiro atoms. The van der Waals surface area contributed by atoms with Gasteiger partial charge >= 0.3 is 18.1 Å². The summed E-state index contributed by atoms with van der Waals surface area (Å²) in [4.78, 5) is 74.7. The third kappa shape index (κ3) is 10.3. The number of likely N-dealkylation sites (N-methyl/N-ethyl adjacent to an activating group) is 1. The van der Waals surface area contributed by atoms with Crippen molar-refractivity contribution in [2.24, 2.45) is 5.92 Å². The smallest absolute Gasteiger partial charge is 0.407 e. The molecule has 16 nitrogen and oxygen atoms in total. The molecule has 1 aliphatic heterocycles. The standard InChI is InChI=1S/C31H45N9O7/c1-20-11-15-39(25(42)10-13-32)18-23(20)38(5)26-21-12-16-40(27(21)36-19-35-26)29(44)34-17-24(41)37-22(28(43)46-6)9-7-8-14-33-30(45)47-31(2,3)4/h12,16,19-20,22-23H,7-11,14-15,17-18H2,1-6H3,(H,33,45)(H,34,44)(H,37,41)/t20-,22+,23+/m1/s1. The van der Waals surface area contributed by atoms with Gasteiger partial charge in [0.25, 0.3) is 0 Å². The molecule has 0 radical (unpaired) electrons. The van der Waals surface area contributed by atoms with E-state index in [1.165, 1.54) is 24.2 Å². The van der Waals surface area contributed by atoms with E-state index in [2.05, 4.69) is 32.8 Å². The number of alkyl carbamates (subject to hydrolysis) is 1. The molecular weight excluding hydrogens is 610 g/mol. The molecule has 256 valence electrons. The van der Waals surface area contributed by atoms with Crippen molar-refractivity contribution in [2.45, 2.75) is 77.5 Å². The van der Waals surface area contributed by atoms with Crippen LogP contribution in [-0.4, -0.2) is 107 Å². The van der Waals surface area contributed by atoms with Gasteiger partial charge in [-0.15, -0.1) is 0 Å². The van der Waals surface area contributed by atoms with E-state index in [-0.39, 0.29) is 30.7 Å². The highest BCUT2D eigenvalue weighted by molar-refractivity contribution is 5.96. The number of ether oxygens (including phenoxy) is 2. The second-order valence-electron chi connectivity index (χ2n) is 12.5. The first-order valence-electron chi connectivity index (χ1n) is 15.6. The summed E-state index contributed by atoms with van der Waals surface area (Å²) in [5.41, 5.74) is -0.283. The van der Waals surface area contributed by atoms with Gasteiger partial charge in [-0.05, 0) is 58.4 Å². The number of carbonyl (C=O) groups is 5. The lowest BCUT2D eigenvalue weighted by molar-refractivity contribution is -0.145. The predicted octanol–water partition coefficient (Wildman–Crippen LogP) is 1.93. The maximum atomic E-state index is 13.1. The molecule has 0 aliphatic carbocycles. The summed E-state index contributed by atoms with van der Waals surface area (Å²) >= 11 is 0. The lowest BCUT2D eigenvalue weighted by Crippen LogP contribution is -2.52. The minimum atomic E-state index is -0.933. The van der Waals surface area contributed by atoms with Crippen LogP contribution in [0.5, 0.6) is 0 Å². The first-order chi connectivity index (χ1) is 22.2. The van der Waals surface area contributed by atoms with Crippen LogP contribution in [0, 0.1) is 17.2 Å². The van der Waals surface area contributed by atoms with Crippen molar-refractivity contribution < 1.29 is 33.4 Å². The van der Waals surface area contributed by atoms with Crippen molar-refractivity contribution >= 4 is 46.8 Å². The summed E-state index contributed by atoms with van der Waals surface area (Å²) in [6.07, 6.45) is 4.25. The van der Waals surface area contributed by atoms with Crippen LogP contribution in [0.15, 0.2) is 18.6 Å². The number of likely N-dealkylation sites (tertiary alicyclic amines) is 1. The molecule has 1 saturated heterocycles. The second-order valence-corrected chi connectivity index (χ2v) is 12.5. The molecular formula is C31H45N9O7. The van der Waals surface area contributed by atoms with Crippen LogP contribution in [0.1, 0.15) is 59.8 Å². The number of unbranched alkanes of at least 4 members (excludes halogenated alkanes) is 1. The Bertz CT molecular complexity index is 1480. The van der Waals surface area contributed by atoms with Gasteiger partial charge < -0.3 is 35.2 Å². The van der Waals surface area contributed by atoms with E-state index in [1.807, 2.05) is 18.0 Å². The van der Waals surface area contributed by atoms with E-state index in [0.29, 0.717) is 49.3 Å². The molecule has 0 bridgehead atoms. The number of nitrogens with zero attached hydrogens (tertiary/aromatic N) is 6. The normalized spacial score (nSPS) is 16.8. The van der Waals surface area contributed by atoms with E-state index >= 15 is 0 Å². The van der Waals surface area contributed by atoms with Gasteiger partial charge in [-0.3, -0.25) is 14.2 Å². The van der Waals surface area contributed by atoms with Crippen LogP contribution in [0.25, 0.3) is 11.0 Å². The zero-order valence-corrected chi connectivity index (χ0v) is 27.9. The number of hydrogen-bond acceptors (Lipinski definition) is 11. The number of nitrogens with one attached hydrogen (secondary N) is 3. The molecule has 0 unspecified atom stereocenters. The topological polar surface area (TPSA) is 201 Å². The van der Waals surface area contributed by atoms with Crippen molar-refractivity contribution in [3.8, 4) is 6.07 Å². The fraction of sp³-hybridized carbons (Fsp3) is 0.613. The van der Waals surface area contributed by atoms with Crippen LogP contribution in [-0.2, 0) is 23.9 Å². The first kappa shape index (κ1) is 36.5. The largest absolute Gasteiger partial charge is 0.467 e. The average Bonchev–Trinajstić information content (AvgIpc) is 3.46. The Morgan fingerprint density at radius 1 is 1.17 bits per heavy atom. The van der Waals surface area contributed by atoms with Gasteiger partial charge in [-0.25, -0.2) is 24.4 Å². The number of amides is 4. The van der Waals surface area contributed by atoms with Crippen LogP contribution < -0.4 is 20.9 Å². The fourth-order valence-electron chi connectivity index (χ4n) is 5.35. The maximum Gasteiger partial charge on any atom is 0.407 e. The number of piperidine rings is 1. The quantitative estimate of drug-likeness (QED) is 0.223. The molecule has 2 aromatic rings. The van der Waals surface area contributed by atoms with Gasteiger partial charge in [-0.2, -0.15) is 5.26 Å². The molecule has 0 aromatic carbocycles. The Labute approximate surface area is 274 Å². The highest BCUT2D eigenvalue weighted by atomic mass is 16.6. The predicted molar refractivity (Wildman–Crippen MR) is 171 cm³/mol. The number of aromatic nitrogens is 3. The van der Waals surface area contributed by atoms with E-state index in [9.17, 15) is 24.0 Å². The molecule has 4 amide bonds. The Morgan fingerprint density at radius 2 is 1.91 bits per heavy atom. The minimum Gasteiger partial charge on any atom is -0.467 e. The van der Waals surface area contributed by atoms with Crippen molar-refractivity contribution in [1.82, 2.24) is 35.4 Å². The number of hydrogen-bond donors (Lipinski definition) is 3. The second kappa shape index (κ2) is 16.6. The molecule has 1 aliphatic rings. The zero-order valence-electron chi connectivity index (χ0n) is 27.9. The van der Waals surface area contributed by atoms with Gasteiger partial charge in [0.15, 0.2) is 5.65 Å². The molecule has 1 fully saturated rings. The van der Waals surface area contributed by atoms with Gasteiger partial charge in [-0.1, -0.05) is 6.92 Å². The molecule has 3 heterocycles. The molecule has 2 aromatic heterocycles. The van der Waals surface area contributed by atoms with Crippen molar-refractivity contribution in [2.75, 3.05) is 45.2 Å². The number of fused-ring (bicyclic) bond motifs is 1. The maximum absolute atomic E-state index is 13.1. The molecule has 3 atom stereocenters. The van der Waals surface area contributed by atoms with Crippen molar-refractivity contribution in [3.63, 3.8) is 0 Å². The van der Waals surface area contributed by atoms with Crippen LogP contribution in [0.2, 0.25) is 0 Å². The highest BCUT2D eigenvalue weighted by Gasteiger charge is 2.33. The van der Waals surface area contributed by atoms with Gasteiger partial charge in [0.2, 0.25) is 11.8 Å². The number of nitriles is 1. The van der Waals surface area contributed by atoms with Crippen molar-refractivity contribution in [3.05, 3.63) is 18.6 Å². The summed E-state index contributed by atoms with van der Waals surface area (Å²) in [5, 5.41) is 17.3. The monoisotopic (exact) mass is 655 g/mol. The van der Waals surface area contributed by atoms with Crippen LogP contribution in [0.3, 0.4) is 0 Å². The SMILES string of the molecule is COC(=O)[C@H](CCCCNC(=O)OC(C)(C)C)NC(=O)CNC(=O)n1ccc2c(N(C)[C@H]3CN(C(=O)CC#N)CC[C@H]3C)ncnc21. The molecule has 16 heteroatoms. The molecule has 3 N–H and O–H groups in total. The number of methoxy groups -OCH3 is 1. The average molecular weight is 656 g/mol. The Morgan fingerprint density at radius 3 is 2.60 bits per heavy atom. The summed E-state index contributed by atoms with van der Waals surface area (Å²) < 4.78 is 11.3. The zero-order chi connectivity index (χ0) is 34.7. The first-order valence-corrected chi connectivity index (χ1v) is 15.6. The Kier molecular flexibility index (Phi) is 12.9. The lowest BCUT2D eigenvalue weighted by atomic mass is 9.92. The third-order valence-corrected chi connectivity index (χ3v) is 7.82. The van der Waals surface area contributed by atoms with E-state index in [1.54, 1.807) is 31.7 Å². The van der Waals surface area contributed by atoms with E-state index in [0.717, 1.165) is 6.42 Å². The van der Waals surface area contributed by atoms with Crippen LogP contribution >= 0.6 is 0 Å². The Balaban J connectivity index is 1.58. The molecule has 0 saturated carbocycles. The summed E-state index contributed by atoms with van der Waals surface area (Å²) in [5.74, 6) is -0.605. The number of esters is 1. The van der Waals surface area contributed by atoms with Crippen LogP contribution in [0.4, 0.5) is 15.4 Å². The molecule has 47 heavy (non-hydrogen) atoms. The third-order valence-electron chi connectivity index (χ3n) is 7.82. The Hall–Kier alpha value is -4.94. The minimum absolute atomic E-state index is 0.0747. The lowest BCUT2D eigenvalue weighted by Gasteiger charge is -2.42. The van der Waals surface area contributed by atoms with E-state index in [4.69, 9.17) is 14.7 Å². The van der Waals surface area contributed by atoms with Gasteiger partial charge in [0.05, 0.1) is 31.2 Å². The number of rotatable bonds is 12. The fourth-order valence-corrected chi connectivity index (χ4v) is 5.35. The molecule has 3 rings (SSSR count). The number of anilines is 1. The van der Waals surface area contributed by atoms with E-state index < -0.39 is 42.2 Å². The number of carbonyl (C=O) groups excluding carboxylic acids is 5. The summed E-state index contributed by atoms with van der Waals surface area (Å²) in [6, 6.07) is 2.01. The summed E-state index contributed by atoms with van der Waals surface area (Å²) in [7, 11) is 3.09. The highest BCUT2D eigenvalue weighted by Crippen LogP contribution is 2.29. The van der Waals surface area contributed by atoms with Crippen molar-refractivity contribution in [1.29, 1.82) is 5.26 Å². The van der Waals surface area contributed by atoms with Gasteiger partial charge in [0, 0.05) is 32.9 Å². The van der Waals surface area contributed by atoms with Gasteiger partial charge in [0.1, 0.15) is 30.2 Å². The summed E-state index contributed by atoms with van der Waals surface area (Å²) in [6.45, 7) is 8.35.